The van der Waals surface area contributed by atoms with E-state index in [1.807, 2.05) is 12.3 Å². The topological polar surface area (TPSA) is 55.3 Å². The number of hydrogen-bond donors (Lipinski definition) is 1. The van der Waals surface area contributed by atoms with Crippen LogP contribution in [0.25, 0.3) is 88.8 Å². The Bertz CT molecular complexity index is 3390. The van der Waals surface area contributed by atoms with Crippen molar-refractivity contribution in [2.45, 2.75) is 78.6 Å². The molecule has 0 bridgehead atoms. The Labute approximate surface area is 370 Å². The first-order chi connectivity index (χ1) is 30.1. The Kier molecular flexibility index (Phi) is 9.27. The Morgan fingerprint density at radius 3 is 1.86 bits per heavy atom. The molecule has 312 valence electrons. The lowest BCUT2D eigenvalue weighted by molar-refractivity contribution is 0.446. The number of nitrogens with zero attached hydrogens (tertiary/aromatic N) is 4. The molecular weight excluding hydrogens is 769 g/mol. The Hall–Kier alpha value is -6.98. The molecule has 1 N–H and O–H groups in total. The summed E-state index contributed by atoms with van der Waals surface area (Å²) in [7, 11) is 0. The molecule has 63 heavy (non-hydrogen) atoms. The van der Waals surface area contributed by atoms with Gasteiger partial charge in [0.05, 0.1) is 39.0 Å². The summed E-state index contributed by atoms with van der Waals surface area (Å²) in [6, 6.07) is 52.1. The zero-order valence-electron chi connectivity index (χ0n) is 37.7. The number of benzene rings is 6. The molecular formula is C58H54N4O. The Balaban J connectivity index is 1.35. The van der Waals surface area contributed by atoms with Gasteiger partial charge in [-0.05, 0) is 105 Å². The van der Waals surface area contributed by atoms with Gasteiger partial charge in [0.15, 0.2) is 0 Å². The van der Waals surface area contributed by atoms with E-state index in [-0.39, 0.29) is 22.0 Å². The number of aromatic nitrogens is 4. The second kappa shape index (κ2) is 14.6. The van der Waals surface area contributed by atoms with Crippen LogP contribution in [0.5, 0.6) is 5.75 Å². The normalized spacial score (nSPS) is 12.6. The first-order valence-corrected chi connectivity index (χ1v) is 22.0. The van der Waals surface area contributed by atoms with Gasteiger partial charge in [-0.1, -0.05) is 147 Å². The first-order valence-electron chi connectivity index (χ1n) is 22.0. The fourth-order valence-corrected chi connectivity index (χ4v) is 9.23. The minimum Gasteiger partial charge on any atom is -0.507 e. The molecule has 0 spiro atoms. The number of imidazole rings is 1. The van der Waals surface area contributed by atoms with Crippen molar-refractivity contribution in [1.82, 2.24) is 18.9 Å². The first kappa shape index (κ1) is 40.1. The zero-order valence-corrected chi connectivity index (χ0v) is 37.7. The van der Waals surface area contributed by atoms with Crippen molar-refractivity contribution in [1.29, 1.82) is 0 Å². The summed E-state index contributed by atoms with van der Waals surface area (Å²) in [5.74, 6) is 0.957. The predicted octanol–water partition coefficient (Wildman–Crippen LogP) is 15.2. The summed E-state index contributed by atoms with van der Waals surface area (Å²) in [6.45, 7) is 20.0. The van der Waals surface area contributed by atoms with Gasteiger partial charge in [-0.3, -0.25) is 9.55 Å². The number of phenols is 1. The number of phenolic OH excluding ortho intramolecular Hbond substituents is 1. The van der Waals surface area contributed by atoms with Crippen molar-refractivity contribution in [2.24, 2.45) is 0 Å². The van der Waals surface area contributed by atoms with Gasteiger partial charge in [-0.25, -0.2) is 4.98 Å². The molecule has 0 aliphatic carbocycles. The smallest absolute Gasteiger partial charge is 0.149 e. The van der Waals surface area contributed by atoms with Gasteiger partial charge in [-0.15, -0.1) is 0 Å². The average molecular weight is 823 g/mol. The van der Waals surface area contributed by atoms with Crippen LogP contribution in [0.4, 0.5) is 0 Å². The van der Waals surface area contributed by atoms with Crippen LogP contribution in [0.2, 0.25) is 0 Å². The molecule has 10 aromatic rings. The second-order valence-corrected chi connectivity index (χ2v) is 20.2. The molecule has 0 amide bonds. The molecule has 0 aliphatic rings. The number of fused-ring (bicyclic) bond motifs is 8. The second-order valence-electron chi connectivity index (χ2n) is 20.2. The van der Waals surface area contributed by atoms with Crippen molar-refractivity contribution in [2.75, 3.05) is 0 Å². The third kappa shape index (κ3) is 6.87. The van der Waals surface area contributed by atoms with Crippen LogP contribution >= 0.6 is 0 Å². The van der Waals surface area contributed by atoms with E-state index in [9.17, 15) is 5.11 Å². The minimum absolute atomic E-state index is 0.0757. The standard InChI is InChI=1S/C58H54N4O/c1-56(2,3)40-23-26-50(43(33-40)37-19-14-11-15-20-37)62-51-27-24-42-48-21-16-30-61(48)49-25-22-39(47-32-38(28-29-59-47)36-17-12-10-13-18-36)31-44(49)52(42)53(51)60-55(62)45-34-41(57(4,5)6)35-46(54(45)63)58(7,8)9/h10-35,63H,1-9H3. The zero-order chi connectivity index (χ0) is 44.0. The van der Waals surface area contributed by atoms with Crippen molar-refractivity contribution >= 4 is 38.2 Å². The van der Waals surface area contributed by atoms with Crippen LogP contribution < -0.4 is 0 Å². The maximum atomic E-state index is 12.6. The van der Waals surface area contributed by atoms with Gasteiger partial charge in [0.25, 0.3) is 0 Å². The summed E-state index contributed by atoms with van der Waals surface area (Å²) in [5, 5.41) is 15.8. The fraction of sp³-hybridized carbons (Fsp3) is 0.207. The van der Waals surface area contributed by atoms with E-state index < -0.39 is 0 Å². The van der Waals surface area contributed by atoms with E-state index in [0.29, 0.717) is 11.4 Å². The predicted molar refractivity (Wildman–Crippen MR) is 264 cm³/mol. The molecule has 0 atom stereocenters. The summed E-state index contributed by atoms with van der Waals surface area (Å²) in [5.41, 5.74) is 14.9. The van der Waals surface area contributed by atoms with Crippen molar-refractivity contribution < 1.29 is 5.11 Å². The Morgan fingerprint density at radius 1 is 0.492 bits per heavy atom. The number of hydrogen-bond acceptors (Lipinski definition) is 3. The number of aromatic hydroxyl groups is 1. The van der Waals surface area contributed by atoms with E-state index in [2.05, 4.69) is 217 Å². The average Bonchev–Trinajstić information content (AvgIpc) is 3.92. The maximum Gasteiger partial charge on any atom is 0.149 e. The fourth-order valence-electron chi connectivity index (χ4n) is 9.23. The van der Waals surface area contributed by atoms with Crippen LogP contribution in [0, 0.1) is 0 Å². The molecule has 0 fully saturated rings. The lowest BCUT2D eigenvalue weighted by atomic mass is 9.79. The summed E-state index contributed by atoms with van der Waals surface area (Å²) < 4.78 is 4.59. The van der Waals surface area contributed by atoms with Gasteiger partial charge < -0.3 is 9.51 Å². The molecule has 10 rings (SSSR count). The molecule has 0 saturated heterocycles. The highest BCUT2D eigenvalue weighted by molar-refractivity contribution is 6.23. The van der Waals surface area contributed by atoms with Gasteiger partial charge in [0.2, 0.25) is 0 Å². The van der Waals surface area contributed by atoms with Crippen LogP contribution in [-0.4, -0.2) is 24.0 Å². The molecule has 0 saturated carbocycles. The van der Waals surface area contributed by atoms with Crippen molar-refractivity contribution in [3.8, 4) is 56.3 Å². The summed E-state index contributed by atoms with van der Waals surface area (Å²) in [6.07, 6.45) is 4.05. The quantitative estimate of drug-likeness (QED) is 0.176. The van der Waals surface area contributed by atoms with Crippen LogP contribution in [0.15, 0.2) is 158 Å². The van der Waals surface area contributed by atoms with Crippen LogP contribution in [0.1, 0.15) is 79.0 Å². The van der Waals surface area contributed by atoms with E-state index in [1.165, 1.54) is 5.56 Å². The monoisotopic (exact) mass is 822 g/mol. The SMILES string of the molecule is CC(C)(C)c1ccc(-n2c(-c3cc(C(C)(C)C)cc(C(C)(C)C)c3O)nc3c4c(ccc32)c2cccn2c2ccc(-c3cc(-c5ccccc5)ccn3)cc42)c(-c2ccccc2)c1. The molecule has 5 heteroatoms. The highest BCUT2D eigenvalue weighted by Gasteiger charge is 2.30. The van der Waals surface area contributed by atoms with Crippen molar-refractivity contribution in [3.05, 3.63) is 175 Å². The third-order valence-corrected chi connectivity index (χ3v) is 12.8. The van der Waals surface area contributed by atoms with E-state index in [0.717, 1.165) is 88.6 Å². The molecule has 5 nitrogen and oxygen atoms in total. The number of pyridine rings is 2. The molecule has 0 unspecified atom stereocenters. The number of rotatable bonds is 5. The summed E-state index contributed by atoms with van der Waals surface area (Å²) >= 11 is 0. The van der Waals surface area contributed by atoms with Crippen molar-refractivity contribution in [3.63, 3.8) is 0 Å². The van der Waals surface area contributed by atoms with Gasteiger partial charge in [-0.2, -0.15) is 0 Å². The highest BCUT2D eigenvalue weighted by Crippen LogP contribution is 2.46. The highest BCUT2D eigenvalue weighted by atomic mass is 16.3. The maximum absolute atomic E-state index is 12.6. The van der Waals surface area contributed by atoms with Gasteiger partial charge in [0, 0.05) is 45.2 Å². The molecule has 4 heterocycles. The molecule has 0 aliphatic heterocycles. The molecule has 0 radical (unpaired) electrons. The van der Waals surface area contributed by atoms with E-state index >= 15 is 0 Å². The lowest BCUT2D eigenvalue weighted by Crippen LogP contribution is -2.17. The van der Waals surface area contributed by atoms with E-state index in [4.69, 9.17) is 9.97 Å². The summed E-state index contributed by atoms with van der Waals surface area (Å²) in [4.78, 5) is 10.7. The lowest BCUT2D eigenvalue weighted by Gasteiger charge is -2.28. The third-order valence-electron chi connectivity index (χ3n) is 12.8. The minimum atomic E-state index is -0.327. The van der Waals surface area contributed by atoms with Gasteiger partial charge in [0.1, 0.15) is 11.6 Å². The van der Waals surface area contributed by atoms with Crippen LogP contribution in [-0.2, 0) is 16.2 Å². The Morgan fingerprint density at radius 2 is 1.16 bits per heavy atom. The molecule has 6 aromatic carbocycles. The van der Waals surface area contributed by atoms with Gasteiger partial charge >= 0.3 is 0 Å². The van der Waals surface area contributed by atoms with Crippen LogP contribution in [0.3, 0.4) is 0 Å². The van der Waals surface area contributed by atoms with E-state index in [1.54, 1.807) is 0 Å². The molecule has 4 aromatic heterocycles. The largest absolute Gasteiger partial charge is 0.507 e.